The maximum atomic E-state index is 11.9. The molecule has 2 aromatic rings. The summed E-state index contributed by atoms with van der Waals surface area (Å²) in [6, 6.07) is 12.9. The second-order valence-corrected chi connectivity index (χ2v) is 4.47. The van der Waals surface area contributed by atoms with Crippen LogP contribution >= 0.6 is 0 Å². The molecule has 2 rings (SSSR count). The lowest BCUT2D eigenvalue weighted by molar-refractivity contribution is -0.143. The van der Waals surface area contributed by atoms with Crippen LogP contribution in [0.25, 0.3) is 0 Å². The number of hydrogen-bond donors (Lipinski definition) is 1. The molecule has 1 atom stereocenters. The Bertz CT molecular complexity index is 548. The number of aryl methyl sites for hydroxylation is 1. The predicted octanol–water partition coefficient (Wildman–Crippen LogP) is 2.85. The molecule has 0 aliphatic heterocycles. The van der Waals surface area contributed by atoms with E-state index in [1.165, 1.54) is 7.11 Å². The molecule has 4 heteroatoms. The van der Waals surface area contributed by atoms with E-state index < -0.39 is 6.04 Å². The van der Waals surface area contributed by atoms with Crippen molar-refractivity contribution in [3.63, 3.8) is 0 Å². The van der Waals surface area contributed by atoms with Crippen LogP contribution in [0.3, 0.4) is 0 Å². The van der Waals surface area contributed by atoms with E-state index in [9.17, 15) is 4.79 Å². The van der Waals surface area contributed by atoms with Crippen LogP contribution in [-0.4, -0.2) is 13.1 Å². The minimum absolute atomic E-state index is 0.307. The minimum Gasteiger partial charge on any atom is -0.468 e. The van der Waals surface area contributed by atoms with Gasteiger partial charge in [-0.2, -0.15) is 0 Å². The van der Waals surface area contributed by atoms with E-state index in [1.54, 1.807) is 0 Å². The molecule has 0 spiro atoms. The maximum Gasteiger partial charge on any atom is 0.327 e. The van der Waals surface area contributed by atoms with E-state index in [-0.39, 0.29) is 5.97 Å². The van der Waals surface area contributed by atoms with Gasteiger partial charge in [-0.3, -0.25) is 5.32 Å². The zero-order valence-corrected chi connectivity index (χ0v) is 11.8. The van der Waals surface area contributed by atoms with E-state index in [0.29, 0.717) is 6.54 Å². The van der Waals surface area contributed by atoms with Crippen molar-refractivity contribution < 1.29 is 13.9 Å². The Morgan fingerprint density at radius 1 is 1.20 bits per heavy atom. The molecule has 0 aliphatic carbocycles. The second kappa shape index (κ2) is 6.91. The number of rotatable bonds is 6. The van der Waals surface area contributed by atoms with E-state index >= 15 is 0 Å². The van der Waals surface area contributed by atoms with Crippen molar-refractivity contribution in [3.05, 3.63) is 59.5 Å². The highest BCUT2D eigenvalue weighted by Gasteiger charge is 2.20. The molecule has 0 aliphatic rings. The lowest BCUT2D eigenvalue weighted by Gasteiger charge is -2.16. The lowest BCUT2D eigenvalue weighted by Crippen LogP contribution is -2.29. The molecule has 106 valence electrons. The summed E-state index contributed by atoms with van der Waals surface area (Å²) in [5, 5.41) is 3.17. The number of furan rings is 1. The van der Waals surface area contributed by atoms with Crippen molar-refractivity contribution in [1.82, 2.24) is 5.32 Å². The van der Waals surface area contributed by atoms with Crippen molar-refractivity contribution in [2.45, 2.75) is 25.9 Å². The van der Waals surface area contributed by atoms with Crippen LogP contribution in [0.2, 0.25) is 0 Å². The average molecular weight is 273 g/mol. The quantitative estimate of drug-likeness (QED) is 0.822. The van der Waals surface area contributed by atoms with Crippen LogP contribution in [0.1, 0.15) is 30.0 Å². The number of ether oxygens (including phenoxy) is 1. The molecule has 0 radical (unpaired) electrons. The standard InChI is InChI=1S/C16H19NO3/c1-3-13-9-10-14(20-13)11-17-15(16(18)19-2)12-7-5-4-6-8-12/h4-10,15,17H,3,11H2,1-2H3. The summed E-state index contributed by atoms with van der Waals surface area (Å²) in [6.45, 7) is 2.52. The third-order valence-electron chi connectivity index (χ3n) is 3.12. The van der Waals surface area contributed by atoms with E-state index in [0.717, 1.165) is 23.5 Å². The molecule has 0 saturated carbocycles. The Morgan fingerprint density at radius 2 is 1.90 bits per heavy atom. The number of carbonyl (C=O) groups excluding carboxylic acids is 1. The number of benzene rings is 1. The fourth-order valence-electron chi connectivity index (χ4n) is 2.01. The molecular formula is C16H19NO3. The molecule has 0 fully saturated rings. The van der Waals surface area contributed by atoms with Gasteiger partial charge >= 0.3 is 5.97 Å². The second-order valence-electron chi connectivity index (χ2n) is 4.47. The number of methoxy groups -OCH3 is 1. The van der Waals surface area contributed by atoms with E-state index in [1.807, 2.05) is 49.4 Å². The van der Waals surface area contributed by atoms with E-state index in [2.05, 4.69) is 5.32 Å². The van der Waals surface area contributed by atoms with Gasteiger partial charge < -0.3 is 9.15 Å². The summed E-state index contributed by atoms with van der Waals surface area (Å²) < 4.78 is 10.5. The Morgan fingerprint density at radius 3 is 2.50 bits per heavy atom. The first kappa shape index (κ1) is 14.3. The van der Waals surface area contributed by atoms with Crippen LogP contribution in [0.4, 0.5) is 0 Å². The van der Waals surface area contributed by atoms with Crippen LogP contribution in [0, 0.1) is 0 Å². The van der Waals surface area contributed by atoms with Crippen molar-refractivity contribution in [2.75, 3.05) is 7.11 Å². The predicted molar refractivity (Wildman–Crippen MR) is 76.1 cm³/mol. The van der Waals surface area contributed by atoms with Crippen molar-refractivity contribution >= 4 is 5.97 Å². The number of carbonyl (C=O) groups is 1. The highest BCUT2D eigenvalue weighted by Crippen LogP contribution is 2.16. The molecule has 1 N–H and O–H groups in total. The van der Waals surface area contributed by atoms with Gasteiger partial charge in [0.25, 0.3) is 0 Å². The zero-order valence-electron chi connectivity index (χ0n) is 11.8. The first-order valence-electron chi connectivity index (χ1n) is 6.68. The highest BCUT2D eigenvalue weighted by atomic mass is 16.5. The maximum absolute atomic E-state index is 11.9. The van der Waals surface area contributed by atoms with Gasteiger partial charge in [-0.05, 0) is 17.7 Å². The summed E-state index contributed by atoms with van der Waals surface area (Å²) >= 11 is 0. The Kier molecular flexibility index (Phi) is 4.96. The molecule has 20 heavy (non-hydrogen) atoms. The van der Waals surface area contributed by atoms with Gasteiger partial charge in [-0.15, -0.1) is 0 Å². The smallest absolute Gasteiger partial charge is 0.327 e. The number of nitrogens with one attached hydrogen (secondary N) is 1. The first-order valence-corrected chi connectivity index (χ1v) is 6.68. The largest absolute Gasteiger partial charge is 0.468 e. The van der Waals surface area contributed by atoms with E-state index in [4.69, 9.17) is 9.15 Å². The van der Waals surface area contributed by atoms with Gasteiger partial charge in [0.15, 0.2) is 0 Å². The molecule has 1 unspecified atom stereocenters. The summed E-state index contributed by atoms with van der Waals surface area (Å²) in [7, 11) is 1.39. The van der Waals surface area contributed by atoms with Gasteiger partial charge in [0.1, 0.15) is 17.6 Å². The minimum atomic E-state index is -0.489. The molecule has 1 aromatic carbocycles. The van der Waals surface area contributed by atoms with Crippen LogP contribution in [0.15, 0.2) is 46.9 Å². The third-order valence-corrected chi connectivity index (χ3v) is 3.12. The molecule has 1 heterocycles. The first-order chi connectivity index (χ1) is 9.74. The lowest BCUT2D eigenvalue weighted by atomic mass is 10.1. The Hall–Kier alpha value is -2.07. The fourth-order valence-corrected chi connectivity index (χ4v) is 2.01. The van der Waals surface area contributed by atoms with Gasteiger partial charge in [0.05, 0.1) is 13.7 Å². The van der Waals surface area contributed by atoms with Crippen molar-refractivity contribution in [1.29, 1.82) is 0 Å². The normalized spacial score (nSPS) is 12.1. The molecular weight excluding hydrogens is 254 g/mol. The van der Waals surface area contributed by atoms with Crippen LogP contribution in [-0.2, 0) is 22.5 Å². The zero-order chi connectivity index (χ0) is 14.4. The highest BCUT2D eigenvalue weighted by molar-refractivity contribution is 5.77. The average Bonchev–Trinajstić information content (AvgIpc) is 2.96. The fraction of sp³-hybridized carbons (Fsp3) is 0.312. The van der Waals surface area contributed by atoms with Gasteiger partial charge in [-0.1, -0.05) is 37.3 Å². The van der Waals surface area contributed by atoms with Gasteiger partial charge in [-0.25, -0.2) is 4.79 Å². The van der Waals surface area contributed by atoms with Crippen molar-refractivity contribution in [2.24, 2.45) is 0 Å². The summed E-state index contributed by atoms with van der Waals surface area (Å²) in [4.78, 5) is 11.9. The molecule has 1 aromatic heterocycles. The van der Waals surface area contributed by atoms with Crippen LogP contribution in [0.5, 0.6) is 0 Å². The summed E-state index contributed by atoms with van der Waals surface area (Å²) in [6.07, 6.45) is 0.860. The SMILES string of the molecule is CCc1ccc(CNC(C(=O)OC)c2ccccc2)o1. The van der Waals surface area contributed by atoms with Crippen molar-refractivity contribution in [3.8, 4) is 0 Å². The van der Waals surface area contributed by atoms with Gasteiger partial charge in [0, 0.05) is 6.42 Å². The van der Waals surface area contributed by atoms with Crippen LogP contribution < -0.4 is 5.32 Å². The monoisotopic (exact) mass is 273 g/mol. The molecule has 4 nitrogen and oxygen atoms in total. The third kappa shape index (κ3) is 3.48. The summed E-state index contributed by atoms with van der Waals surface area (Å²) in [5.41, 5.74) is 0.877. The molecule has 0 saturated heterocycles. The summed E-state index contributed by atoms with van der Waals surface area (Å²) in [5.74, 6) is 1.45. The Balaban J connectivity index is 2.07. The topological polar surface area (TPSA) is 51.5 Å². The number of hydrogen-bond acceptors (Lipinski definition) is 4. The number of esters is 1. The molecule has 0 amide bonds. The van der Waals surface area contributed by atoms with Gasteiger partial charge in [0.2, 0.25) is 0 Å². The molecule has 0 bridgehead atoms. The Labute approximate surface area is 118 Å².